The summed E-state index contributed by atoms with van der Waals surface area (Å²) in [6.45, 7) is 3.17. The Hall–Kier alpha value is -6.73. The molecule has 2 N–H and O–H groups in total. The first-order chi connectivity index (χ1) is 33.1. The molecule has 0 aromatic heterocycles. The van der Waals surface area contributed by atoms with Gasteiger partial charge in [-0.05, 0) is 83.6 Å². The third kappa shape index (κ3) is 11.1. The van der Waals surface area contributed by atoms with Crippen molar-refractivity contribution in [1.82, 2.24) is 30.2 Å². The lowest BCUT2D eigenvalue weighted by molar-refractivity contribution is -0.135. The molecule has 10 rings (SSSR count). The molecular weight excluding hydrogens is 894 g/mol. The number of amides is 4. The zero-order valence-electron chi connectivity index (χ0n) is 38.4. The minimum absolute atomic E-state index is 0. The van der Waals surface area contributed by atoms with Gasteiger partial charge in [0.05, 0.1) is 23.4 Å². The van der Waals surface area contributed by atoms with E-state index in [0.717, 1.165) is 22.3 Å². The molecule has 0 unspecified atom stereocenters. The van der Waals surface area contributed by atoms with Crippen LogP contribution in [0.2, 0.25) is 0 Å². The molecule has 6 aromatic rings. The van der Waals surface area contributed by atoms with Crippen LogP contribution in [-0.2, 0) is 35.5 Å². The number of carbonyl (C=O) groups is 4. The lowest BCUT2D eigenvalue weighted by Gasteiger charge is -2.44. The molecule has 69 heavy (non-hydrogen) atoms. The van der Waals surface area contributed by atoms with E-state index in [2.05, 4.69) is 10.6 Å². The molecule has 4 aliphatic heterocycles. The SMILES string of the molecule is Cl.O=C(c1ccc(F)cc1)N1CCC2(CC1)N[C@@H](Cc1ccccc1)C(=O)N2Cc1ccccc1.O=C(c1ccc(F)cc1)N1CCC2(CC1)N[C@@H](Cc1ccccc1)C(=O)N2Cc1ccccc1. The molecule has 4 amide bonds. The van der Waals surface area contributed by atoms with Crippen molar-refractivity contribution >= 4 is 36.0 Å². The van der Waals surface area contributed by atoms with Gasteiger partial charge in [-0.25, -0.2) is 8.78 Å². The van der Waals surface area contributed by atoms with E-state index in [4.69, 9.17) is 0 Å². The Morgan fingerprint density at radius 1 is 0.449 bits per heavy atom. The highest BCUT2D eigenvalue weighted by Gasteiger charge is 2.53. The van der Waals surface area contributed by atoms with Crippen LogP contribution >= 0.6 is 12.4 Å². The number of nitrogens with zero attached hydrogens (tertiary/aromatic N) is 4. The van der Waals surface area contributed by atoms with Gasteiger partial charge < -0.3 is 19.6 Å². The number of carbonyl (C=O) groups excluding carboxylic acids is 4. The van der Waals surface area contributed by atoms with Gasteiger partial charge in [0, 0.05) is 76.1 Å². The second kappa shape index (κ2) is 21.7. The van der Waals surface area contributed by atoms with Crippen molar-refractivity contribution in [2.75, 3.05) is 26.2 Å². The van der Waals surface area contributed by atoms with Crippen molar-refractivity contribution < 1.29 is 28.0 Å². The van der Waals surface area contributed by atoms with Crippen LogP contribution in [0, 0.1) is 11.6 Å². The van der Waals surface area contributed by atoms with Gasteiger partial charge in [0.2, 0.25) is 11.8 Å². The molecule has 2 atom stereocenters. The number of likely N-dealkylation sites (tertiary alicyclic amines) is 2. The van der Waals surface area contributed by atoms with Crippen LogP contribution in [0.4, 0.5) is 8.78 Å². The summed E-state index contributed by atoms with van der Waals surface area (Å²) in [5, 5.41) is 7.34. The molecule has 0 radical (unpaired) electrons. The number of halogens is 3. The number of nitrogens with one attached hydrogen (secondary N) is 2. The van der Waals surface area contributed by atoms with Crippen molar-refractivity contribution in [3.8, 4) is 0 Å². The fraction of sp³-hybridized carbons (Fsp3) is 0.286. The third-order valence-corrected chi connectivity index (χ3v) is 13.9. The lowest BCUT2D eigenvalue weighted by Crippen LogP contribution is -2.59. The van der Waals surface area contributed by atoms with Gasteiger partial charge in [-0.15, -0.1) is 12.4 Å². The molecule has 4 fully saturated rings. The molecule has 13 heteroatoms. The van der Waals surface area contributed by atoms with Crippen LogP contribution in [-0.4, -0.2) is 92.8 Å². The van der Waals surface area contributed by atoms with Gasteiger partial charge in [-0.1, -0.05) is 121 Å². The predicted molar refractivity (Wildman–Crippen MR) is 264 cm³/mol. The van der Waals surface area contributed by atoms with E-state index in [-0.39, 0.29) is 59.8 Å². The summed E-state index contributed by atoms with van der Waals surface area (Å²) in [5.74, 6) is -0.714. The summed E-state index contributed by atoms with van der Waals surface area (Å²) in [6, 6.07) is 50.9. The Labute approximate surface area is 408 Å². The molecular formula is C56H57ClF2N6O4. The van der Waals surface area contributed by atoms with Crippen LogP contribution < -0.4 is 10.6 Å². The molecule has 10 nitrogen and oxygen atoms in total. The fourth-order valence-corrected chi connectivity index (χ4v) is 10.2. The van der Waals surface area contributed by atoms with E-state index in [1.54, 1.807) is 9.80 Å². The van der Waals surface area contributed by atoms with Gasteiger partial charge in [0.25, 0.3) is 11.8 Å². The van der Waals surface area contributed by atoms with Crippen LogP contribution in [0.5, 0.6) is 0 Å². The lowest BCUT2D eigenvalue weighted by atomic mass is 9.94. The summed E-state index contributed by atoms with van der Waals surface area (Å²) >= 11 is 0. The predicted octanol–water partition coefficient (Wildman–Crippen LogP) is 8.42. The summed E-state index contributed by atoms with van der Waals surface area (Å²) in [5.41, 5.74) is 4.39. The molecule has 4 aliphatic rings. The van der Waals surface area contributed by atoms with Crippen LogP contribution in [0.1, 0.15) is 68.7 Å². The second-order valence-electron chi connectivity index (χ2n) is 18.3. The number of benzene rings is 6. The molecule has 0 aliphatic carbocycles. The van der Waals surface area contributed by atoms with E-state index in [9.17, 15) is 28.0 Å². The van der Waals surface area contributed by atoms with Crippen molar-refractivity contribution in [2.45, 2.75) is 75.0 Å². The van der Waals surface area contributed by atoms with E-state index in [1.165, 1.54) is 48.5 Å². The van der Waals surface area contributed by atoms with E-state index < -0.39 is 11.3 Å². The molecule has 0 bridgehead atoms. The van der Waals surface area contributed by atoms with Gasteiger partial charge in [-0.2, -0.15) is 0 Å². The highest BCUT2D eigenvalue weighted by Crippen LogP contribution is 2.37. The quantitative estimate of drug-likeness (QED) is 0.143. The maximum absolute atomic E-state index is 13.6. The summed E-state index contributed by atoms with van der Waals surface area (Å²) in [4.78, 5) is 60.7. The first kappa shape index (κ1) is 48.7. The summed E-state index contributed by atoms with van der Waals surface area (Å²) < 4.78 is 26.5. The normalized spacial score (nSPS) is 19.3. The van der Waals surface area contributed by atoms with Crippen molar-refractivity contribution in [3.05, 3.63) is 215 Å². The summed E-state index contributed by atoms with van der Waals surface area (Å²) in [6.07, 6.45) is 3.83. The maximum Gasteiger partial charge on any atom is 0.253 e. The monoisotopic (exact) mass is 950 g/mol. The van der Waals surface area contributed by atoms with Crippen molar-refractivity contribution in [2.24, 2.45) is 0 Å². The van der Waals surface area contributed by atoms with Crippen molar-refractivity contribution in [1.29, 1.82) is 0 Å². The molecule has 356 valence electrons. The Balaban J connectivity index is 0.000000183. The maximum atomic E-state index is 13.6. The Bertz CT molecular complexity index is 2480. The standard InChI is InChI=1S/2C28H28FN3O2.ClH/c2*29-24-13-11-23(12-14-24)26(33)31-17-15-28(16-18-31)30-25(19-21-7-3-1-4-8-21)27(34)32(28)20-22-9-5-2-6-10-22;/h2*1-14,25,30H,15-20H2;1H/t2*25-;/m00./s1. The van der Waals surface area contributed by atoms with Crippen LogP contribution in [0.25, 0.3) is 0 Å². The zero-order valence-corrected chi connectivity index (χ0v) is 39.2. The molecule has 2 spiro atoms. The molecule has 4 heterocycles. The van der Waals surface area contributed by atoms with E-state index >= 15 is 0 Å². The topological polar surface area (TPSA) is 105 Å². The average molecular weight is 952 g/mol. The van der Waals surface area contributed by atoms with Crippen LogP contribution in [0.3, 0.4) is 0 Å². The number of hydrogen-bond donors (Lipinski definition) is 2. The Kier molecular flexibility index (Phi) is 15.3. The van der Waals surface area contributed by atoms with Crippen LogP contribution in [0.15, 0.2) is 170 Å². The van der Waals surface area contributed by atoms with E-state index in [1.807, 2.05) is 131 Å². The minimum Gasteiger partial charge on any atom is -0.338 e. The number of piperidine rings is 2. The highest BCUT2D eigenvalue weighted by atomic mass is 35.5. The second-order valence-corrected chi connectivity index (χ2v) is 18.3. The van der Waals surface area contributed by atoms with Gasteiger partial charge in [-0.3, -0.25) is 29.8 Å². The largest absolute Gasteiger partial charge is 0.338 e. The molecule has 4 saturated heterocycles. The fourth-order valence-electron chi connectivity index (χ4n) is 10.2. The van der Waals surface area contributed by atoms with Gasteiger partial charge in [0.1, 0.15) is 11.6 Å². The third-order valence-electron chi connectivity index (χ3n) is 13.9. The van der Waals surface area contributed by atoms with Gasteiger partial charge in [0.15, 0.2) is 0 Å². The van der Waals surface area contributed by atoms with E-state index in [0.29, 0.717) is 88.9 Å². The minimum atomic E-state index is -0.494. The smallest absolute Gasteiger partial charge is 0.253 e. The van der Waals surface area contributed by atoms with Gasteiger partial charge >= 0.3 is 0 Å². The number of rotatable bonds is 10. The summed E-state index contributed by atoms with van der Waals surface area (Å²) in [7, 11) is 0. The molecule has 6 aromatic carbocycles. The first-order valence-electron chi connectivity index (χ1n) is 23.5. The van der Waals surface area contributed by atoms with Crippen molar-refractivity contribution in [3.63, 3.8) is 0 Å². The average Bonchev–Trinajstić information content (AvgIpc) is 3.76. The Morgan fingerprint density at radius 3 is 1.04 bits per heavy atom. The number of hydrogen-bond acceptors (Lipinski definition) is 6. The molecule has 0 saturated carbocycles. The highest BCUT2D eigenvalue weighted by molar-refractivity contribution is 5.95. The Morgan fingerprint density at radius 2 is 0.739 bits per heavy atom. The first-order valence-corrected chi connectivity index (χ1v) is 23.5. The zero-order chi connectivity index (χ0) is 47.1.